The fraction of sp³-hybridized carbons (Fsp3) is 0.909. The van der Waals surface area contributed by atoms with Crippen molar-refractivity contribution >= 4 is 25.6 Å². The van der Waals surface area contributed by atoms with Crippen molar-refractivity contribution in [2.75, 3.05) is 6.61 Å². The van der Waals surface area contributed by atoms with Crippen LogP contribution in [0.4, 0.5) is 0 Å². The molecule has 15 heavy (non-hydrogen) atoms. The van der Waals surface area contributed by atoms with E-state index in [9.17, 15) is 5.11 Å². The highest BCUT2D eigenvalue weighted by molar-refractivity contribution is 7.80. The predicted octanol–water partition coefficient (Wildman–Crippen LogP) is 3.92. The predicted molar refractivity (Wildman–Crippen MR) is 72.2 cm³/mol. The van der Waals surface area contributed by atoms with Gasteiger partial charge >= 0.3 is 0 Å². The zero-order valence-corrected chi connectivity index (χ0v) is 12.8. The van der Waals surface area contributed by atoms with Crippen LogP contribution in [0.5, 0.6) is 0 Å². The van der Waals surface area contributed by atoms with E-state index in [1.807, 2.05) is 13.8 Å². The van der Waals surface area contributed by atoms with Gasteiger partial charge in [0.1, 0.15) is 0 Å². The van der Waals surface area contributed by atoms with Gasteiger partial charge in [-0.25, -0.2) is 0 Å². The molecule has 0 aromatic heterocycles. The molecule has 0 atom stereocenters. The third-order valence-electron chi connectivity index (χ3n) is 3.18. The van der Waals surface area contributed by atoms with Crippen LogP contribution in [-0.2, 0) is 4.43 Å². The molecule has 0 bridgehead atoms. The van der Waals surface area contributed by atoms with E-state index < -0.39 is 13.7 Å². The molecule has 0 heterocycles. The van der Waals surface area contributed by atoms with Crippen LogP contribution in [0.2, 0.25) is 18.1 Å². The Balaban J connectivity index is 4.47. The zero-order chi connectivity index (χ0) is 12.5. The summed E-state index contributed by atoms with van der Waals surface area (Å²) in [4.78, 5) is 0. The van der Waals surface area contributed by atoms with Crippen LogP contribution < -0.4 is 0 Å². The molecule has 0 unspecified atom stereocenters. The average Bonchev–Trinajstić information content (AvgIpc) is 1.99. The lowest BCUT2D eigenvalue weighted by Crippen LogP contribution is -2.44. The molecule has 0 aromatic carbocycles. The Morgan fingerprint density at radius 2 is 1.60 bits per heavy atom. The van der Waals surface area contributed by atoms with Crippen molar-refractivity contribution in [2.24, 2.45) is 5.41 Å². The summed E-state index contributed by atoms with van der Waals surface area (Å²) in [7, 11) is -1.73. The number of hydrogen-bond donors (Lipinski definition) is 1. The number of aliphatic hydroxyl groups excluding tert-OH is 1. The molecular formula is C11H24O2SSi. The topological polar surface area (TPSA) is 29.5 Å². The van der Waals surface area contributed by atoms with E-state index in [0.29, 0.717) is 6.61 Å². The molecule has 0 aliphatic heterocycles. The molecule has 0 radical (unpaired) electrons. The Bertz CT molecular complexity index is 241. The largest absolute Gasteiger partial charge is 0.502 e. The first-order chi connectivity index (χ1) is 6.40. The van der Waals surface area contributed by atoms with Gasteiger partial charge in [0, 0.05) is 6.61 Å². The van der Waals surface area contributed by atoms with Crippen molar-refractivity contribution in [3.63, 3.8) is 0 Å². The van der Waals surface area contributed by atoms with Gasteiger partial charge in [-0.1, -0.05) is 20.8 Å². The number of rotatable bonds is 4. The maximum atomic E-state index is 9.35. The molecule has 0 rings (SSSR count). The van der Waals surface area contributed by atoms with Crippen molar-refractivity contribution in [1.29, 1.82) is 0 Å². The lowest BCUT2D eigenvalue weighted by Gasteiger charge is -2.38. The summed E-state index contributed by atoms with van der Waals surface area (Å²) in [5.74, 6) is 0. The van der Waals surface area contributed by atoms with E-state index in [-0.39, 0.29) is 10.1 Å². The van der Waals surface area contributed by atoms with Gasteiger partial charge in [-0.15, -0.1) is 0 Å². The van der Waals surface area contributed by atoms with Crippen molar-refractivity contribution in [1.82, 2.24) is 0 Å². The molecule has 2 nitrogen and oxygen atoms in total. The summed E-state index contributed by atoms with van der Waals surface area (Å²) in [5.41, 5.74) is -0.426. The maximum absolute atomic E-state index is 9.35. The van der Waals surface area contributed by atoms with Gasteiger partial charge in [0.2, 0.25) is 0 Å². The summed E-state index contributed by atoms with van der Waals surface area (Å²) in [6.07, 6.45) is 0. The molecule has 4 heteroatoms. The number of hydrogen-bond acceptors (Lipinski definition) is 2. The lowest BCUT2D eigenvalue weighted by molar-refractivity contribution is 0.202. The highest BCUT2D eigenvalue weighted by Gasteiger charge is 2.39. The van der Waals surface area contributed by atoms with E-state index in [4.69, 9.17) is 16.6 Å². The van der Waals surface area contributed by atoms with Crippen LogP contribution in [-0.4, -0.2) is 25.1 Å². The Labute approximate surface area is 100 Å². The van der Waals surface area contributed by atoms with Crippen LogP contribution in [0.1, 0.15) is 34.6 Å². The van der Waals surface area contributed by atoms with Crippen LogP contribution in [0.15, 0.2) is 0 Å². The molecule has 0 aromatic rings. The maximum Gasteiger partial charge on any atom is 0.192 e. The van der Waals surface area contributed by atoms with Crippen molar-refractivity contribution in [3.05, 3.63) is 0 Å². The quantitative estimate of drug-likeness (QED) is 0.604. The molecule has 0 aliphatic carbocycles. The Morgan fingerprint density at radius 1 is 1.20 bits per heavy atom. The van der Waals surface area contributed by atoms with Gasteiger partial charge in [0.15, 0.2) is 13.4 Å². The van der Waals surface area contributed by atoms with Gasteiger partial charge in [0.25, 0.3) is 0 Å². The summed E-state index contributed by atoms with van der Waals surface area (Å²) >= 11 is 4.80. The van der Waals surface area contributed by atoms with E-state index >= 15 is 0 Å². The first kappa shape index (κ1) is 15.1. The lowest BCUT2D eigenvalue weighted by atomic mass is 9.97. The second-order valence-corrected chi connectivity index (χ2v) is 11.4. The van der Waals surface area contributed by atoms with E-state index in [1.165, 1.54) is 0 Å². The number of thiocarbonyl (C=S) groups is 1. The van der Waals surface area contributed by atoms with Crippen molar-refractivity contribution in [3.8, 4) is 0 Å². The van der Waals surface area contributed by atoms with Crippen LogP contribution >= 0.6 is 12.2 Å². The zero-order valence-electron chi connectivity index (χ0n) is 11.0. The standard InChI is InChI=1S/C11H24O2SSi/c1-10(2,3)15(6,7)13-8-11(4,5)9(12)14/h8H2,1-7H3,(H,12,14). The minimum atomic E-state index is -1.73. The molecule has 0 fully saturated rings. The van der Waals surface area contributed by atoms with Crippen molar-refractivity contribution < 1.29 is 9.53 Å². The summed E-state index contributed by atoms with van der Waals surface area (Å²) < 4.78 is 6.01. The molecule has 0 amide bonds. The fourth-order valence-electron chi connectivity index (χ4n) is 0.639. The van der Waals surface area contributed by atoms with E-state index in [1.54, 1.807) is 0 Å². The highest BCUT2D eigenvalue weighted by atomic mass is 32.1. The monoisotopic (exact) mass is 248 g/mol. The molecule has 1 N–H and O–H groups in total. The first-order valence-corrected chi connectivity index (χ1v) is 8.59. The van der Waals surface area contributed by atoms with E-state index in [2.05, 4.69) is 33.9 Å². The average molecular weight is 248 g/mol. The minimum Gasteiger partial charge on any atom is -0.502 e. The molecule has 0 spiro atoms. The van der Waals surface area contributed by atoms with Gasteiger partial charge in [-0.3, -0.25) is 0 Å². The second kappa shape index (κ2) is 4.51. The normalized spacial score (nSPS) is 14.1. The molecule has 0 aliphatic rings. The summed E-state index contributed by atoms with van der Waals surface area (Å²) in [5, 5.41) is 9.57. The fourth-order valence-corrected chi connectivity index (χ4v) is 1.85. The Kier molecular flexibility index (Phi) is 4.53. The SMILES string of the molecule is CC(C)(CO[Si](C)(C)C(C)(C)C)C(O)=S. The van der Waals surface area contributed by atoms with Gasteiger partial charge < -0.3 is 9.53 Å². The molecule has 0 saturated carbocycles. The molecular weight excluding hydrogens is 224 g/mol. The van der Waals surface area contributed by atoms with Crippen LogP contribution in [0.25, 0.3) is 0 Å². The minimum absolute atomic E-state index is 0.0289. The Morgan fingerprint density at radius 3 is 1.87 bits per heavy atom. The van der Waals surface area contributed by atoms with Gasteiger partial charge in [0.05, 0.1) is 5.41 Å². The van der Waals surface area contributed by atoms with Crippen LogP contribution in [0.3, 0.4) is 0 Å². The summed E-state index contributed by atoms with van der Waals surface area (Å²) in [6, 6.07) is 0. The summed E-state index contributed by atoms with van der Waals surface area (Å²) in [6.45, 7) is 15.3. The van der Waals surface area contributed by atoms with Crippen LogP contribution in [0, 0.1) is 5.41 Å². The number of aliphatic hydroxyl groups is 1. The highest BCUT2D eigenvalue weighted by Crippen LogP contribution is 2.37. The second-order valence-electron chi connectivity index (χ2n) is 6.24. The Hall–Kier alpha value is 0.0669. The third kappa shape index (κ3) is 4.21. The third-order valence-corrected chi connectivity index (χ3v) is 8.21. The first-order valence-electron chi connectivity index (χ1n) is 5.27. The smallest absolute Gasteiger partial charge is 0.192 e. The van der Waals surface area contributed by atoms with E-state index in [0.717, 1.165) is 0 Å². The molecule has 0 saturated heterocycles. The van der Waals surface area contributed by atoms with Gasteiger partial charge in [-0.2, -0.15) is 0 Å². The molecule has 90 valence electrons. The van der Waals surface area contributed by atoms with Gasteiger partial charge in [-0.05, 0) is 44.2 Å². The van der Waals surface area contributed by atoms with Crippen molar-refractivity contribution in [2.45, 2.75) is 52.8 Å².